The van der Waals surface area contributed by atoms with E-state index in [1.165, 1.54) is 11.5 Å². The van der Waals surface area contributed by atoms with Crippen molar-refractivity contribution in [2.75, 3.05) is 76.5 Å². The Bertz CT molecular complexity index is 1130. The number of rotatable bonds is 7. The Hall–Kier alpha value is -3.18. The number of amides is 1. The third-order valence-electron chi connectivity index (χ3n) is 6.05. The molecule has 2 fully saturated rings. The highest BCUT2D eigenvalue weighted by Gasteiger charge is 2.29. The van der Waals surface area contributed by atoms with Gasteiger partial charge in [-0.2, -0.15) is 0 Å². The Balaban J connectivity index is 1.93. The minimum Gasteiger partial charge on any atom is -0.486 e. The molecule has 2 aliphatic heterocycles. The van der Waals surface area contributed by atoms with E-state index in [-0.39, 0.29) is 36.1 Å². The highest BCUT2D eigenvalue weighted by atomic mass is 16.5. The van der Waals surface area contributed by atoms with Crippen molar-refractivity contribution in [3.05, 3.63) is 28.3 Å². The summed E-state index contributed by atoms with van der Waals surface area (Å²) >= 11 is 0. The van der Waals surface area contributed by atoms with Crippen LogP contribution in [0.25, 0.3) is 5.65 Å². The maximum absolute atomic E-state index is 13.6. The molecule has 4 heterocycles. The first-order valence-corrected chi connectivity index (χ1v) is 11.6. The molecular formula is C23H31N5O6. The predicted octanol–water partition coefficient (Wildman–Crippen LogP) is 0.775. The molecule has 0 radical (unpaired) electrons. The average molecular weight is 474 g/mol. The number of fused-ring (bicyclic) bond motifs is 1. The van der Waals surface area contributed by atoms with Gasteiger partial charge >= 0.3 is 11.5 Å². The Morgan fingerprint density at radius 2 is 1.94 bits per heavy atom. The van der Waals surface area contributed by atoms with E-state index in [2.05, 4.69) is 9.88 Å². The van der Waals surface area contributed by atoms with Gasteiger partial charge in [-0.25, -0.2) is 9.78 Å². The molecule has 0 bridgehead atoms. The average Bonchev–Trinajstić information content (AvgIpc) is 2.85. The zero-order valence-electron chi connectivity index (χ0n) is 19.9. The van der Waals surface area contributed by atoms with Crippen LogP contribution in [0.5, 0.6) is 5.75 Å². The molecule has 2 saturated heterocycles. The van der Waals surface area contributed by atoms with E-state index in [9.17, 15) is 14.4 Å². The molecule has 2 aliphatic rings. The van der Waals surface area contributed by atoms with Crippen LogP contribution >= 0.6 is 0 Å². The molecule has 0 aromatic carbocycles. The molecule has 1 amide bonds. The van der Waals surface area contributed by atoms with E-state index in [0.717, 1.165) is 18.5 Å². The minimum absolute atomic E-state index is 0.105. The molecule has 0 atom stereocenters. The van der Waals surface area contributed by atoms with Gasteiger partial charge in [0.25, 0.3) is 0 Å². The van der Waals surface area contributed by atoms with Crippen molar-refractivity contribution in [2.45, 2.75) is 19.8 Å². The van der Waals surface area contributed by atoms with Gasteiger partial charge in [0.05, 0.1) is 44.8 Å². The fourth-order valence-corrected chi connectivity index (χ4v) is 4.11. The summed E-state index contributed by atoms with van der Waals surface area (Å²) in [7, 11) is 3.11. The summed E-state index contributed by atoms with van der Waals surface area (Å²) < 4.78 is 17.5. The number of unbranched alkanes of at least 4 members (excludes halogenated alkanes) is 1. The minimum atomic E-state index is -0.765. The molecule has 0 aliphatic carbocycles. The third kappa shape index (κ3) is 4.71. The molecular weight excluding hydrogens is 442 g/mol. The van der Waals surface area contributed by atoms with Gasteiger partial charge in [0.2, 0.25) is 11.7 Å². The summed E-state index contributed by atoms with van der Waals surface area (Å²) in [6.45, 7) is 6.09. The van der Waals surface area contributed by atoms with Gasteiger partial charge in [-0.3, -0.25) is 18.9 Å². The molecule has 11 heteroatoms. The Kier molecular flexibility index (Phi) is 7.32. The van der Waals surface area contributed by atoms with Crippen molar-refractivity contribution in [3.8, 4) is 5.75 Å². The molecule has 184 valence electrons. The third-order valence-corrected chi connectivity index (χ3v) is 6.05. The number of esters is 1. The summed E-state index contributed by atoms with van der Waals surface area (Å²) in [4.78, 5) is 49.3. The van der Waals surface area contributed by atoms with Crippen molar-refractivity contribution >= 4 is 28.9 Å². The van der Waals surface area contributed by atoms with Crippen molar-refractivity contribution in [1.29, 1.82) is 0 Å². The lowest BCUT2D eigenvalue weighted by atomic mass is 10.2. The fraction of sp³-hybridized carbons (Fsp3) is 0.565. The van der Waals surface area contributed by atoms with Crippen LogP contribution in [0.3, 0.4) is 0 Å². The number of hydrogen-bond acceptors (Lipinski definition) is 9. The van der Waals surface area contributed by atoms with E-state index in [1.54, 1.807) is 11.1 Å². The van der Waals surface area contributed by atoms with E-state index in [1.807, 2.05) is 24.9 Å². The molecule has 2 aromatic rings. The summed E-state index contributed by atoms with van der Waals surface area (Å²) in [5.74, 6) is -1.02. The maximum Gasteiger partial charge on any atom is 0.360 e. The largest absolute Gasteiger partial charge is 0.486 e. The zero-order chi connectivity index (χ0) is 24.2. The van der Waals surface area contributed by atoms with Crippen LogP contribution in [0.15, 0.2) is 17.1 Å². The first-order valence-electron chi connectivity index (χ1n) is 11.6. The monoisotopic (exact) mass is 473 g/mol. The number of methoxy groups -OCH3 is 1. The number of anilines is 2. The SMILES string of the molecule is CCCCOc1c(C(=O)OC)nc2c(N3CCN(C)CC3=O)cc(N3CCOCC3)cn2c1=O. The summed E-state index contributed by atoms with van der Waals surface area (Å²) in [5.41, 5.74) is 0.754. The number of pyridine rings is 1. The number of ether oxygens (including phenoxy) is 3. The number of piperazine rings is 1. The molecule has 0 N–H and O–H groups in total. The number of nitrogens with zero attached hydrogens (tertiary/aromatic N) is 5. The zero-order valence-corrected chi connectivity index (χ0v) is 19.9. The second-order valence-electron chi connectivity index (χ2n) is 8.45. The topological polar surface area (TPSA) is 106 Å². The normalized spacial score (nSPS) is 17.3. The van der Waals surface area contributed by atoms with Gasteiger partial charge in [0.15, 0.2) is 11.3 Å². The number of hydrogen-bond donors (Lipinski definition) is 0. The van der Waals surface area contributed by atoms with Crippen molar-refractivity contribution in [2.24, 2.45) is 0 Å². The number of morpholine rings is 1. The fourth-order valence-electron chi connectivity index (χ4n) is 4.11. The Morgan fingerprint density at radius 3 is 2.62 bits per heavy atom. The highest BCUT2D eigenvalue weighted by Crippen LogP contribution is 2.29. The first kappa shape index (κ1) is 24.0. The first-order chi connectivity index (χ1) is 16.4. The number of carbonyl (C=O) groups is 2. The van der Waals surface area contributed by atoms with Gasteiger partial charge in [0.1, 0.15) is 0 Å². The molecule has 4 rings (SSSR count). The standard InChI is InChI=1S/C23H31N5O6/c1-4-5-10-34-20-19(23(31)32-3)24-21-17(27-7-6-25(2)15-18(27)29)13-16(14-28(21)22(20)30)26-8-11-33-12-9-26/h13-14H,4-12,15H2,1-3H3. The molecule has 0 unspecified atom stereocenters. The van der Waals surface area contributed by atoms with Crippen molar-refractivity contribution < 1.29 is 23.8 Å². The number of likely N-dealkylation sites (N-methyl/N-ethyl adjacent to an activating group) is 1. The lowest BCUT2D eigenvalue weighted by Crippen LogP contribution is -2.49. The second kappa shape index (κ2) is 10.4. The van der Waals surface area contributed by atoms with Crippen LogP contribution in [-0.4, -0.2) is 92.9 Å². The number of aromatic nitrogens is 2. The Morgan fingerprint density at radius 1 is 1.18 bits per heavy atom. The van der Waals surface area contributed by atoms with Gasteiger partial charge in [-0.1, -0.05) is 13.3 Å². The van der Waals surface area contributed by atoms with Crippen LogP contribution in [0, 0.1) is 0 Å². The molecule has 11 nitrogen and oxygen atoms in total. The van der Waals surface area contributed by atoms with Crippen LogP contribution in [-0.2, 0) is 14.3 Å². The summed E-state index contributed by atoms with van der Waals surface area (Å²) in [6, 6.07) is 1.86. The van der Waals surface area contributed by atoms with Crippen molar-refractivity contribution in [1.82, 2.24) is 14.3 Å². The van der Waals surface area contributed by atoms with E-state index in [0.29, 0.717) is 45.1 Å². The van der Waals surface area contributed by atoms with Crippen LogP contribution in [0.1, 0.15) is 30.3 Å². The molecule has 2 aromatic heterocycles. The van der Waals surface area contributed by atoms with Crippen LogP contribution in [0.4, 0.5) is 11.4 Å². The van der Waals surface area contributed by atoms with Crippen LogP contribution in [0.2, 0.25) is 0 Å². The van der Waals surface area contributed by atoms with Gasteiger partial charge in [-0.15, -0.1) is 0 Å². The van der Waals surface area contributed by atoms with Gasteiger partial charge in [-0.05, 0) is 19.5 Å². The van der Waals surface area contributed by atoms with Crippen LogP contribution < -0.4 is 20.1 Å². The van der Waals surface area contributed by atoms with E-state index >= 15 is 0 Å². The summed E-state index contributed by atoms with van der Waals surface area (Å²) in [5, 5.41) is 0. The lowest BCUT2D eigenvalue weighted by molar-refractivity contribution is -0.120. The Labute approximate surface area is 197 Å². The molecule has 0 spiro atoms. The molecule has 34 heavy (non-hydrogen) atoms. The van der Waals surface area contributed by atoms with E-state index in [4.69, 9.17) is 14.2 Å². The second-order valence-corrected chi connectivity index (χ2v) is 8.45. The highest BCUT2D eigenvalue weighted by molar-refractivity contribution is 6.00. The van der Waals surface area contributed by atoms with Crippen molar-refractivity contribution in [3.63, 3.8) is 0 Å². The van der Waals surface area contributed by atoms with E-state index < -0.39 is 11.5 Å². The summed E-state index contributed by atoms with van der Waals surface area (Å²) in [6.07, 6.45) is 3.28. The van der Waals surface area contributed by atoms with Gasteiger partial charge in [0, 0.05) is 32.4 Å². The number of carbonyl (C=O) groups excluding carboxylic acids is 2. The molecule has 0 saturated carbocycles. The smallest absolute Gasteiger partial charge is 0.360 e. The maximum atomic E-state index is 13.6. The van der Waals surface area contributed by atoms with Gasteiger partial charge < -0.3 is 24.0 Å². The lowest BCUT2D eigenvalue weighted by Gasteiger charge is -2.34. The predicted molar refractivity (Wildman–Crippen MR) is 126 cm³/mol. The quantitative estimate of drug-likeness (QED) is 0.426.